The Balaban J connectivity index is 2.81. The van der Waals surface area contributed by atoms with Crippen LogP contribution in [0.15, 0.2) is 24.3 Å². The molecule has 2 amide bonds. The Morgan fingerprint density at radius 2 is 1.53 bits per heavy atom. The Bertz CT molecular complexity index is 434. The van der Waals surface area contributed by atoms with Crippen molar-refractivity contribution in [1.82, 2.24) is 10.2 Å². The van der Waals surface area contributed by atoms with Crippen LogP contribution in [0.1, 0.15) is 48.4 Å². The van der Waals surface area contributed by atoms with Gasteiger partial charge < -0.3 is 10.2 Å². The Morgan fingerprint density at radius 1 is 1.05 bits per heavy atom. The van der Waals surface area contributed by atoms with Gasteiger partial charge in [-0.3, -0.25) is 9.59 Å². The second-order valence-electron chi connectivity index (χ2n) is 4.68. The van der Waals surface area contributed by atoms with Gasteiger partial charge in [-0.1, -0.05) is 0 Å². The highest BCUT2D eigenvalue weighted by Gasteiger charge is 2.13. The summed E-state index contributed by atoms with van der Waals surface area (Å²) in [6.07, 6.45) is 0. The first-order chi connectivity index (χ1) is 8.99. The van der Waals surface area contributed by atoms with E-state index >= 15 is 0 Å². The molecule has 0 aliphatic heterocycles. The van der Waals surface area contributed by atoms with E-state index in [-0.39, 0.29) is 17.9 Å². The molecule has 19 heavy (non-hydrogen) atoms. The van der Waals surface area contributed by atoms with E-state index in [2.05, 4.69) is 5.32 Å². The van der Waals surface area contributed by atoms with Crippen LogP contribution in [-0.4, -0.2) is 35.8 Å². The number of nitrogens with zero attached hydrogens (tertiary/aromatic N) is 1. The van der Waals surface area contributed by atoms with E-state index in [0.717, 1.165) is 0 Å². The fourth-order valence-electron chi connectivity index (χ4n) is 1.80. The van der Waals surface area contributed by atoms with Gasteiger partial charge in [0.15, 0.2) is 0 Å². The molecule has 0 atom stereocenters. The SMILES string of the molecule is CCN(CC)C(=O)c1ccc(C(=O)NC(C)C)cc1. The molecular weight excluding hydrogens is 240 g/mol. The molecule has 0 unspecified atom stereocenters. The van der Waals surface area contributed by atoms with E-state index in [9.17, 15) is 9.59 Å². The second-order valence-corrected chi connectivity index (χ2v) is 4.68. The third kappa shape index (κ3) is 4.09. The van der Waals surface area contributed by atoms with Crippen molar-refractivity contribution in [3.63, 3.8) is 0 Å². The van der Waals surface area contributed by atoms with Crippen LogP contribution in [0, 0.1) is 0 Å². The molecule has 0 saturated carbocycles. The molecule has 0 fully saturated rings. The molecule has 0 aliphatic rings. The first-order valence-corrected chi connectivity index (χ1v) is 6.69. The lowest BCUT2D eigenvalue weighted by Crippen LogP contribution is -2.31. The normalized spacial score (nSPS) is 10.4. The van der Waals surface area contributed by atoms with Gasteiger partial charge in [-0.2, -0.15) is 0 Å². The van der Waals surface area contributed by atoms with Gasteiger partial charge in [0.1, 0.15) is 0 Å². The van der Waals surface area contributed by atoms with Gasteiger partial charge >= 0.3 is 0 Å². The highest BCUT2D eigenvalue weighted by molar-refractivity contribution is 5.97. The van der Waals surface area contributed by atoms with Gasteiger partial charge in [0.25, 0.3) is 11.8 Å². The summed E-state index contributed by atoms with van der Waals surface area (Å²) >= 11 is 0. The number of hydrogen-bond donors (Lipinski definition) is 1. The minimum absolute atomic E-state index is 0.000757. The number of hydrogen-bond acceptors (Lipinski definition) is 2. The fourth-order valence-corrected chi connectivity index (χ4v) is 1.80. The zero-order valence-electron chi connectivity index (χ0n) is 12.1. The first kappa shape index (κ1) is 15.2. The highest BCUT2D eigenvalue weighted by Crippen LogP contribution is 2.08. The molecular formula is C15H22N2O2. The van der Waals surface area contributed by atoms with Crippen LogP contribution in [0.3, 0.4) is 0 Å². The highest BCUT2D eigenvalue weighted by atomic mass is 16.2. The summed E-state index contributed by atoms with van der Waals surface area (Å²) < 4.78 is 0. The van der Waals surface area contributed by atoms with Crippen molar-refractivity contribution in [3.05, 3.63) is 35.4 Å². The molecule has 4 heteroatoms. The van der Waals surface area contributed by atoms with Gasteiger partial charge in [0, 0.05) is 30.3 Å². The van der Waals surface area contributed by atoms with Crippen LogP contribution in [0.4, 0.5) is 0 Å². The van der Waals surface area contributed by atoms with Crippen LogP contribution in [0.25, 0.3) is 0 Å². The van der Waals surface area contributed by atoms with E-state index < -0.39 is 0 Å². The predicted molar refractivity (Wildman–Crippen MR) is 76.3 cm³/mol. The average Bonchev–Trinajstić information content (AvgIpc) is 2.39. The van der Waals surface area contributed by atoms with Gasteiger partial charge in [-0.05, 0) is 52.0 Å². The summed E-state index contributed by atoms with van der Waals surface area (Å²) in [5, 5.41) is 2.82. The number of nitrogens with one attached hydrogen (secondary N) is 1. The second kappa shape index (κ2) is 6.92. The number of amides is 2. The van der Waals surface area contributed by atoms with Crippen LogP contribution < -0.4 is 5.32 Å². The predicted octanol–water partition coefficient (Wildman–Crippen LogP) is 2.31. The molecule has 1 rings (SSSR count). The summed E-state index contributed by atoms with van der Waals surface area (Å²) in [7, 11) is 0. The van der Waals surface area contributed by atoms with E-state index in [1.807, 2.05) is 27.7 Å². The molecule has 4 nitrogen and oxygen atoms in total. The maximum Gasteiger partial charge on any atom is 0.253 e. The van der Waals surface area contributed by atoms with Crippen LogP contribution in [0.5, 0.6) is 0 Å². The molecule has 0 bridgehead atoms. The molecule has 0 radical (unpaired) electrons. The van der Waals surface area contributed by atoms with Crippen molar-refractivity contribution in [3.8, 4) is 0 Å². The van der Waals surface area contributed by atoms with E-state index in [0.29, 0.717) is 24.2 Å². The summed E-state index contributed by atoms with van der Waals surface area (Å²) in [5.41, 5.74) is 1.19. The Hall–Kier alpha value is -1.84. The van der Waals surface area contributed by atoms with E-state index in [1.165, 1.54) is 0 Å². The van der Waals surface area contributed by atoms with Crippen molar-refractivity contribution in [2.75, 3.05) is 13.1 Å². The van der Waals surface area contributed by atoms with Gasteiger partial charge in [0.2, 0.25) is 0 Å². The molecule has 1 aromatic carbocycles. The largest absolute Gasteiger partial charge is 0.350 e. The molecule has 0 aliphatic carbocycles. The third-order valence-electron chi connectivity index (χ3n) is 2.86. The lowest BCUT2D eigenvalue weighted by Gasteiger charge is -2.18. The Morgan fingerprint density at radius 3 is 1.95 bits per heavy atom. The first-order valence-electron chi connectivity index (χ1n) is 6.69. The molecule has 0 spiro atoms. The lowest BCUT2D eigenvalue weighted by molar-refractivity contribution is 0.0772. The number of rotatable bonds is 5. The van der Waals surface area contributed by atoms with Gasteiger partial charge in [-0.25, -0.2) is 0 Å². The fraction of sp³-hybridized carbons (Fsp3) is 0.467. The topological polar surface area (TPSA) is 49.4 Å². The maximum atomic E-state index is 12.1. The molecule has 1 aromatic rings. The van der Waals surface area contributed by atoms with Crippen molar-refractivity contribution < 1.29 is 9.59 Å². The molecule has 0 saturated heterocycles. The lowest BCUT2D eigenvalue weighted by atomic mass is 10.1. The molecule has 0 heterocycles. The minimum atomic E-state index is -0.114. The molecule has 104 valence electrons. The third-order valence-corrected chi connectivity index (χ3v) is 2.86. The van der Waals surface area contributed by atoms with Crippen molar-refractivity contribution in [2.24, 2.45) is 0 Å². The van der Waals surface area contributed by atoms with E-state index in [4.69, 9.17) is 0 Å². The quantitative estimate of drug-likeness (QED) is 0.885. The summed E-state index contributed by atoms with van der Waals surface area (Å²) in [6, 6.07) is 6.89. The van der Waals surface area contributed by atoms with Gasteiger partial charge in [-0.15, -0.1) is 0 Å². The molecule has 0 aromatic heterocycles. The average molecular weight is 262 g/mol. The van der Waals surface area contributed by atoms with Crippen LogP contribution in [0.2, 0.25) is 0 Å². The summed E-state index contributed by atoms with van der Waals surface area (Å²) in [6.45, 7) is 9.10. The number of carbonyl (C=O) groups is 2. The number of carbonyl (C=O) groups excluding carboxylic acids is 2. The smallest absolute Gasteiger partial charge is 0.253 e. The van der Waals surface area contributed by atoms with E-state index in [1.54, 1.807) is 29.2 Å². The van der Waals surface area contributed by atoms with Crippen molar-refractivity contribution in [2.45, 2.75) is 33.7 Å². The zero-order chi connectivity index (χ0) is 14.4. The Labute approximate surface area is 114 Å². The van der Waals surface area contributed by atoms with Crippen LogP contribution >= 0.6 is 0 Å². The monoisotopic (exact) mass is 262 g/mol. The minimum Gasteiger partial charge on any atom is -0.350 e. The zero-order valence-corrected chi connectivity index (χ0v) is 12.1. The number of benzene rings is 1. The van der Waals surface area contributed by atoms with Crippen molar-refractivity contribution in [1.29, 1.82) is 0 Å². The van der Waals surface area contributed by atoms with Gasteiger partial charge in [0.05, 0.1) is 0 Å². The summed E-state index contributed by atoms with van der Waals surface area (Å²) in [4.78, 5) is 25.6. The molecule has 1 N–H and O–H groups in total. The maximum absolute atomic E-state index is 12.1. The van der Waals surface area contributed by atoms with Crippen molar-refractivity contribution >= 4 is 11.8 Å². The Kier molecular flexibility index (Phi) is 5.55. The van der Waals surface area contributed by atoms with Crippen LogP contribution in [-0.2, 0) is 0 Å². The summed E-state index contributed by atoms with van der Waals surface area (Å²) in [5.74, 6) is -0.113. The standard InChI is InChI=1S/C15H22N2O2/c1-5-17(6-2)15(19)13-9-7-12(8-10-13)14(18)16-11(3)4/h7-11H,5-6H2,1-4H3,(H,16,18).